The maximum atomic E-state index is 13.0. The molecule has 28 heavy (non-hydrogen) atoms. The van der Waals surface area contributed by atoms with Crippen molar-refractivity contribution < 1.29 is 14.3 Å². The van der Waals surface area contributed by atoms with Crippen molar-refractivity contribution >= 4 is 34.8 Å². The lowest BCUT2D eigenvalue weighted by Gasteiger charge is -2.32. The summed E-state index contributed by atoms with van der Waals surface area (Å²) in [4.78, 5) is 32.4. The number of likely N-dealkylation sites (tertiary alicyclic amines) is 1. The predicted octanol–water partition coefficient (Wildman–Crippen LogP) is 3.77. The number of rotatable bonds is 5. The zero-order chi connectivity index (χ0) is 20.3. The van der Waals surface area contributed by atoms with Gasteiger partial charge in [-0.3, -0.25) is 9.59 Å². The van der Waals surface area contributed by atoms with Gasteiger partial charge in [-0.1, -0.05) is 11.6 Å². The number of ether oxygens (including phenoxy) is 1. The molecule has 0 N–H and O–H groups in total. The number of thiazole rings is 1. The fraction of sp³-hybridized carbons (Fsp3) is 0.450. The number of aryl methyl sites for hydroxylation is 1. The number of halogens is 1. The summed E-state index contributed by atoms with van der Waals surface area (Å²) in [5, 5.41) is 3.41. The second kappa shape index (κ2) is 8.92. The lowest BCUT2D eigenvalue weighted by Crippen LogP contribution is -2.40. The first-order chi connectivity index (χ1) is 13.3. The molecule has 1 aromatic carbocycles. The first-order valence-corrected chi connectivity index (χ1v) is 10.5. The molecule has 8 heteroatoms. The number of benzene rings is 1. The Labute approximate surface area is 174 Å². The number of amides is 2. The fourth-order valence-corrected chi connectivity index (χ4v) is 4.02. The number of piperidine rings is 1. The minimum Gasteiger partial charge on any atom is -0.489 e. The molecule has 1 fully saturated rings. The Kier molecular flexibility index (Phi) is 6.57. The van der Waals surface area contributed by atoms with E-state index in [-0.39, 0.29) is 17.9 Å². The highest BCUT2D eigenvalue weighted by Gasteiger charge is 2.25. The summed E-state index contributed by atoms with van der Waals surface area (Å²) in [6.45, 7) is 5.28. The van der Waals surface area contributed by atoms with E-state index >= 15 is 0 Å². The van der Waals surface area contributed by atoms with Gasteiger partial charge in [-0.15, -0.1) is 11.3 Å². The Hall–Kier alpha value is -2.12. The molecule has 0 spiro atoms. The average molecular weight is 422 g/mol. The second-order valence-electron chi connectivity index (χ2n) is 6.98. The topological polar surface area (TPSA) is 62.7 Å². The Balaban J connectivity index is 1.71. The van der Waals surface area contributed by atoms with Crippen LogP contribution in [0.4, 0.5) is 0 Å². The van der Waals surface area contributed by atoms with Crippen molar-refractivity contribution in [2.45, 2.75) is 39.3 Å². The van der Waals surface area contributed by atoms with Crippen LogP contribution < -0.4 is 4.74 Å². The third kappa shape index (κ3) is 5.02. The first-order valence-electron chi connectivity index (χ1n) is 9.21. The highest BCUT2D eigenvalue weighted by atomic mass is 35.5. The van der Waals surface area contributed by atoms with Crippen LogP contribution in [0.3, 0.4) is 0 Å². The van der Waals surface area contributed by atoms with Gasteiger partial charge >= 0.3 is 0 Å². The van der Waals surface area contributed by atoms with Gasteiger partial charge in [0.2, 0.25) is 5.91 Å². The van der Waals surface area contributed by atoms with Crippen LogP contribution in [0.15, 0.2) is 23.6 Å². The van der Waals surface area contributed by atoms with Gasteiger partial charge in [-0.05, 0) is 25.1 Å². The highest BCUT2D eigenvalue weighted by molar-refractivity contribution is 7.09. The highest BCUT2D eigenvalue weighted by Crippen LogP contribution is 2.28. The molecule has 1 saturated heterocycles. The van der Waals surface area contributed by atoms with Gasteiger partial charge in [-0.2, -0.15) is 0 Å². The van der Waals surface area contributed by atoms with Gasteiger partial charge in [0.05, 0.1) is 22.8 Å². The normalized spacial score (nSPS) is 14.8. The van der Waals surface area contributed by atoms with E-state index in [1.807, 2.05) is 17.2 Å². The van der Waals surface area contributed by atoms with Crippen LogP contribution >= 0.6 is 22.9 Å². The standard InChI is InChI=1S/C20H24ClN3O3S/c1-13-22-16(12-28-13)11-23(3)20(26)18-10-15(21)4-5-19(18)27-17-6-8-24(9-7-17)14(2)25/h4-5,10,12,17H,6-9,11H2,1-3H3. The number of hydrogen-bond acceptors (Lipinski definition) is 5. The molecule has 0 radical (unpaired) electrons. The third-order valence-electron chi connectivity index (χ3n) is 4.77. The Morgan fingerprint density at radius 3 is 2.68 bits per heavy atom. The van der Waals surface area contributed by atoms with E-state index in [1.54, 1.807) is 48.4 Å². The molecular weight excluding hydrogens is 398 g/mol. The largest absolute Gasteiger partial charge is 0.489 e. The van der Waals surface area contributed by atoms with Gasteiger partial charge in [0, 0.05) is 50.3 Å². The molecule has 2 heterocycles. The maximum absolute atomic E-state index is 13.0. The van der Waals surface area contributed by atoms with Crippen molar-refractivity contribution in [2.75, 3.05) is 20.1 Å². The van der Waals surface area contributed by atoms with Crippen LogP contribution in [0.1, 0.15) is 40.8 Å². The summed E-state index contributed by atoms with van der Waals surface area (Å²) < 4.78 is 6.14. The zero-order valence-corrected chi connectivity index (χ0v) is 17.8. The molecule has 150 valence electrons. The van der Waals surface area contributed by atoms with E-state index in [4.69, 9.17) is 16.3 Å². The molecule has 1 aromatic heterocycles. The van der Waals surface area contributed by atoms with Gasteiger partial charge in [0.15, 0.2) is 0 Å². The summed E-state index contributed by atoms with van der Waals surface area (Å²) in [5.74, 6) is 0.445. The second-order valence-corrected chi connectivity index (χ2v) is 8.48. The molecular formula is C20H24ClN3O3S. The van der Waals surface area contributed by atoms with Crippen molar-refractivity contribution in [1.82, 2.24) is 14.8 Å². The van der Waals surface area contributed by atoms with E-state index in [9.17, 15) is 9.59 Å². The van der Waals surface area contributed by atoms with Crippen molar-refractivity contribution in [3.63, 3.8) is 0 Å². The summed E-state index contributed by atoms with van der Waals surface area (Å²) in [6.07, 6.45) is 1.45. The van der Waals surface area contributed by atoms with Gasteiger partial charge in [0.25, 0.3) is 5.91 Å². The molecule has 6 nitrogen and oxygen atoms in total. The monoisotopic (exact) mass is 421 g/mol. The molecule has 0 atom stereocenters. The quantitative estimate of drug-likeness (QED) is 0.737. The molecule has 0 unspecified atom stereocenters. The number of hydrogen-bond donors (Lipinski definition) is 0. The van der Waals surface area contributed by atoms with Crippen LogP contribution in [-0.2, 0) is 11.3 Å². The molecule has 3 rings (SSSR count). The van der Waals surface area contributed by atoms with E-state index in [2.05, 4.69) is 4.98 Å². The van der Waals surface area contributed by atoms with Crippen LogP contribution in [0.2, 0.25) is 5.02 Å². The Morgan fingerprint density at radius 2 is 2.07 bits per heavy atom. The van der Waals surface area contributed by atoms with Crippen molar-refractivity contribution in [1.29, 1.82) is 0 Å². The smallest absolute Gasteiger partial charge is 0.257 e. The molecule has 2 amide bonds. The zero-order valence-electron chi connectivity index (χ0n) is 16.3. The van der Waals surface area contributed by atoms with Gasteiger partial charge in [0.1, 0.15) is 11.9 Å². The van der Waals surface area contributed by atoms with Crippen LogP contribution in [0.5, 0.6) is 5.75 Å². The van der Waals surface area contributed by atoms with Crippen molar-refractivity contribution in [3.8, 4) is 5.75 Å². The Bertz CT molecular complexity index is 862. The van der Waals surface area contributed by atoms with Gasteiger partial charge < -0.3 is 14.5 Å². The lowest BCUT2D eigenvalue weighted by atomic mass is 10.1. The minimum absolute atomic E-state index is 0.0326. The average Bonchev–Trinajstić information content (AvgIpc) is 3.07. The first kappa shape index (κ1) is 20.6. The SMILES string of the molecule is CC(=O)N1CCC(Oc2ccc(Cl)cc2C(=O)N(C)Cc2csc(C)n2)CC1. The summed E-state index contributed by atoms with van der Waals surface area (Å²) >= 11 is 7.71. The van der Waals surface area contributed by atoms with Crippen molar-refractivity contribution in [2.24, 2.45) is 0 Å². The molecule has 0 bridgehead atoms. The summed E-state index contributed by atoms with van der Waals surface area (Å²) in [5.41, 5.74) is 1.30. The Morgan fingerprint density at radius 1 is 1.36 bits per heavy atom. The number of carbonyl (C=O) groups is 2. The lowest BCUT2D eigenvalue weighted by molar-refractivity contribution is -0.130. The van der Waals surface area contributed by atoms with Crippen molar-refractivity contribution in [3.05, 3.63) is 44.9 Å². The maximum Gasteiger partial charge on any atom is 0.257 e. The van der Waals surface area contributed by atoms with Gasteiger partial charge in [-0.25, -0.2) is 4.98 Å². The molecule has 1 aliphatic rings. The molecule has 2 aromatic rings. The van der Waals surface area contributed by atoms with E-state index in [1.165, 1.54) is 0 Å². The number of nitrogens with zero attached hydrogens (tertiary/aromatic N) is 3. The third-order valence-corrected chi connectivity index (χ3v) is 5.82. The van der Waals surface area contributed by atoms with E-state index in [0.29, 0.717) is 36.0 Å². The fourth-order valence-electron chi connectivity index (χ4n) is 3.24. The van der Waals surface area contributed by atoms with Crippen LogP contribution in [-0.4, -0.2) is 52.8 Å². The van der Waals surface area contributed by atoms with Crippen LogP contribution in [0, 0.1) is 6.92 Å². The molecule has 1 aliphatic heterocycles. The number of carbonyl (C=O) groups excluding carboxylic acids is 2. The predicted molar refractivity (Wildman–Crippen MR) is 110 cm³/mol. The van der Waals surface area contributed by atoms with E-state index < -0.39 is 0 Å². The molecule has 0 aliphatic carbocycles. The molecule has 0 saturated carbocycles. The number of aromatic nitrogens is 1. The minimum atomic E-state index is -0.163. The van der Waals surface area contributed by atoms with Crippen LogP contribution in [0.25, 0.3) is 0 Å². The van der Waals surface area contributed by atoms with E-state index in [0.717, 1.165) is 23.5 Å². The summed E-state index contributed by atoms with van der Waals surface area (Å²) in [7, 11) is 1.74. The summed E-state index contributed by atoms with van der Waals surface area (Å²) in [6, 6.07) is 5.11.